The molecule has 16 heavy (non-hydrogen) atoms. The largest absolute Gasteiger partial charge is 0.371 e. The molecule has 1 N–H and O–H groups in total. The van der Waals surface area contributed by atoms with Crippen molar-refractivity contribution in [3.63, 3.8) is 0 Å². The summed E-state index contributed by atoms with van der Waals surface area (Å²) in [6, 6.07) is 0.581. The second-order valence-corrected chi connectivity index (χ2v) is 5.40. The molecule has 0 amide bonds. The lowest BCUT2D eigenvalue weighted by Crippen LogP contribution is -2.59. The minimum atomic E-state index is 0.126. The third-order valence-corrected chi connectivity index (χ3v) is 4.07. The molecule has 2 aliphatic rings. The van der Waals surface area contributed by atoms with E-state index in [2.05, 4.69) is 24.2 Å². The van der Waals surface area contributed by atoms with Crippen LogP contribution < -0.4 is 5.32 Å². The fourth-order valence-electron chi connectivity index (χ4n) is 3.13. The number of unbranched alkanes of at least 4 members (excludes halogenated alkanes) is 2. The summed E-state index contributed by atoms with van der Waals surface area (Å²) in [6.07, 6.45) is 6.47. The molecule has 2 rings (SSSR count). The zero-order valence-corrected chi connectivity index (χ0v) is 10.8. The fourth-order valence-corrected chi connectivity index (χ4v) is 3.13. The molecule has 3 nitrogen and oxygen atoms in total. The molecule has 0 saturated carbocycles. The van der Waals surface area contributed by atoms with Crippen LogP contribution in [0.5, 0.6) is 0 Å². The standard InChI is InChI=1S/C13H26N2O/c1-3-4-5-6-12-13(16-10-8-14-12)7-9-15(2)11-13/h12,14H,3-11H2,1-2H3. The Kier molecular flexibility index (Phi) is 4.22. The second-order valence-electron chi connectivity index (χ2n) is 5.40. The summed E-state index contributed by atoms with van der Waals surface area (Å²) >= 11 is 0. The van der Waals surface area contributed by atoms with Crippen LogP contribution in [-0.4, -0.2) is 49.8 Å². The Morgan fingerprint density at radius 2 is 2.31 bits per heavy atom. The molecule has 94 valence electrons. The first-order valence-corrected chi connectivity index (χ1v) is 6.83. The number of hydrogen-bond donors (Lipinski definition) is 1. The molecular formula is C13H26N2O. The lowest BCUT2D eigenvalue weighted by atomic mass is 9.87. The normalized spacial score (nSPS) is 36.0. The van der Waals surface area contributed by atoms with Gasteiger partial charge >= 0.3 is 0 Å². The van der Waals surface area contributed by atoms with E-state index in [-0.39, 0.29) is 5.60 Å². The van der Waals surface area contributed by atoms with E-state index in [0.717, 1.165) is 19.7 Å². The van der Waals surface area contributed by atoms with Gasteiger partial charge in [-0.1, -0.05) is 26.2 Å². The fraction of sp³-hybridized carbons (Fsp3) is 1.00. The summed E-state index contributed by atoms with van der Waals surface area (Å²) < 4.78 is 6.14. The first kappa shape index (κ1) is 12.3. The topological polar surface area (TPSA) is 24.5 Å². The van der Waals surface area contributed by atoms with Gasteiger partial charge in [0.15, 0.2) is 0 Å². The molecule has 0 radical (unpaired) electrons. The van der Waals surface area contributed by atoms with Gasteiger partial charge in [0.1, 0.15) is 0 Å². The van der Waals surface area contributed by atoms with Crippen LogP contribution in [0.2, 0.25) is 0 Å². The van der Waals surface area contributed by atoms with Crippen LogP contribution in [0.15, 0.2) is 0 Å². The number of rotatable bonds is 4. The Morgan fingerprint density at radius 3 is 3.00 bits per heavy atom. The number of nitrogens with one attached hydrogen (secondary N) is 1. The molecule has 0 aliphatic carbocycles. The third kappa shape index (κ3) is 2.58. The first-order valence-electron chi connectivity index (χ1n) is 6.83. The Bertz CT molecular complexity index is 218. The summed E-state index contributed by atoms with van der Waals surface area (Å²) in [5.41, 5.74) is 0.126. The van der Waals surface area contributed by atoms with Crippen molar-refractivity contribution in [2.75, 3.05) is 33.3 Å². The molecule has 1 spiro atoms. The highest BCUT2D eigenvalue weighted by molar-refractivity contribution is 5.01. The van der Waals surface area contributed by atoms with Gasteiger partial charge in [-0.15, -0.1) is 0 Å². The lowest BCUT2D eigenvalue weighted by molar-refractivity contribution is -0.0896. The van der Waals surface area contributed by atoms with Crippen LogP contribution in [0.3, 0.4) is 0 Å². The van der Waals surface area contributed by atoms with Crippen LogP contribution >= 0.6 is 0 Å². The minimum absolute atomic E-state index is 0.126. The van der Waals surface area contributed by atoms with Crippen molar-refractivity contribution in [1.29, 1.82) is 0 Å². The van der Waals surface area contributed by atoms with E-state index in [4.69, 9.17) is 4.74 Å². The van der Waals surface area contributed by atoms with Gasteiger partial charge in [-0.3, -0.25) is 0 Å². The summed E-state index contributed by atoms with van der Waals surface area (Å²) in [5, 5.41) is 3.68. The van der Waals surface area contributed by atoms with Gasteiger partial charge in [0.05, 0.1) is 12.2 Å². The van der Waals surface area contributed by atoms with Gasteiger partial charge in [-0.05, 0) is 19.9 Å². The third-order valence-electron chi connectivity index (χ3n) is 4.07. The van der Waals surface area contributed by atoms with Crippen LogP contribution in [0.4, 0.5) is 0 Å². The van der Waals surface area contributed by atoms with Crippen LogP contribution in [0, 0.1) is 0 Å². The van der Waals surface area contributed by atoms with Crippen molar-refractivity contribution in [2.24, 2.45) is 0 Å². The molecule has 2 saturated heterocycles. The SMILES string of the molecule is CCCCCC1NCCOC12CCN(C)C2. The molecule has 0 bridgehead atoms. The molecule has 2 aliphatic heterocycles. The summed E-state index contributed by atoms with van der Waals surface area (Å²) in [6.45, 7) is 6.48. The van der Waals surface area contributed by atoms with E-state index >= 15 is 0 Å². The van der Waals surface area contributed by atoms with Crippen LogP contribution in [-0.2, 0) is 4.74 Å². The van der Waals surface area contributed by atoms with Gasteiger partial charge in [-0.2, -0.15) is 0 Å². The van der Waals surface area contributed by atoms with Gasteiger partial charge in [0, 0.05) is 25.7 Å². The molecule has 2 unspecified atom stereocenters. The zero-order chi connectivity index (χ0) is 11.4. The lowest BCUT2D eigenvalue weighted by Gasteiger charge is -2.42. The van der Waals surface area contributed by atoms with Crippen molar-refractivity contribution in [3.05, 3.63) is 0 Å². The average Bonchev–Trinajstić information content (AvgIpc) is 2.64. The maximum atomic E-state index is 6.14. The summed E-state index contributed by atoms with van der Waals surface area (Å²) in [4.78, 5) is 2.40. The number of likely N-dealkylation sites (N-methyl/N-ethyl adjacent to an activating group) is 1. The smallest absolute Gasteiger partial charge is 0.0973 e. The highest BCUT2D eigenvalue weighted by Crippen LogP contribution is 2.32. The van der Waals surface area contributed by atoms with E-state index in [1.807, 2.05) is 0 Å². The molecule has 0 aromatic heterocycles. The van der Waals surface area contributed by atoms with Gasteiger partial charge in [0.2, 0.25) is 0 Å². The number of nitrogens with zero attached hydrogens (tertiary/aromatic N) is 1. The quantitative estimate of drug-likeness (QED) is 0.737. The Balaban J connectivity index is 1.91. The molecule has 3 heteroatoms. The maximum Gasteiger partial charge on any atom is 0.0973 e. The first-order chi connectivity index (χ1) is 7.77. The van der Waals surface area contributed by atoms with Crippen molar-refractivity contribution in [2.45, 2.75) is 50.7 Å². The van der Waals surface area contributed by atoms with E-state index < -0.39 is 0 Å². The van der Waals surface area contributed by atoms with Crippen molar-refractivity contribution in [1.82, 2.24) is 10.2 Å². The van der Waals surface area contributed by atoms with E-state index in [1.165, 1.54) is 38.6 Å². The van der Waals surface area contributed by atoms with E-state index in [1.54, 1.807) is 0 Å². The molecular weight excluding hydrogens is 200 g/mol. The summed E-state index contributed by atoms with van der Waals surface area (Å²) in [7, 11) is 2.20. The van der Waals surface area contributed by atoms with Gasteiger partial charge < -0.3 is 15.0 Å². The number of ether oxygens (including phenoxy) is 1. The zero-order valence-electron chi connectivity index (χ0n) is 10.8. The predicted octanol–water partition coefficient (Wildman–Crippen LogP) is 1.63. The molecule has 0 aromatic rings. The second kappa shape index (κ2) is 5.48. The number of likely N-dealkylation sites (tertiary alicyclic amines) is 1. The Hall–Kier alpha value is -0.120. The highest BCUT2D eigenvalue weighted by Gasteiger charge is 2.45. The summed E-state index contributed by atoms with van der Waals surface area (Å²) in [5.74, 6) is 0. The molecule has 2 heterocycles. The molecule has 0 aromatic carbocycles. The predicted molar refractivity (Wildman–Crippen MR) is 66.7 cm³/mol. The van der Waals surface area contributed by atoms with Gasteiger partial charge in [0.25, 0.3) is 0 Å². The van der Waals surface area contributed by atoms with Crippen LogP contribution in [0.1, 0.15) is 39.0 Å². The van der Waals surface area contributed by atoms with Crippen LogP contribution in [0.25, 0.3) is 0 Å². The highest BCUT2D eigenvalue weighted by atomic mass is 16.5. The van der Waals surface area contributed by atoms with Crippen molar-refractivity contribution in [3.8, 4) is 0 Å². The van der Waals surface area contributed by atoms with Crippen molar-refractivity contribution >= 4 is 0 Å². The maximum absolute atomic E-state index is 6.14. The van der Waals surface area contributed by atoms with E-state index in [0.29, 0.717) is 6.04 Å². The molecule has 2 fully saturated rings. The number of hydrogen-bond acceptors (Lipinski definition) is 3. The monoisotopic (exact) mass is 226 g/mol. The van der Waals surface area contributed by atoms with Gasteiger partial charge in [-0.25, -0.2) is 0 Å². The molecule has 2 atom stereocenters. The minimum Gasteiger partial charge on any atom is -0.371 e. The van der Waals surface area contributed by atoms with Crippen molar-refractivity contribution < 1.29 is 4.74 Å². The average molecular weight is 226 g/mol. The Morgan fingerprint density at radius 1 is 1.44 bits per heavy atom. The Labute approximate surface area is 99.5 Å². The van der Waals surface area contributed by atoms with E-state index in [9.17, 15) is 0 Å². The number of morpholine rings is 1.